The van der Waals surface area contributed by atoms with Crippen LogP contribution in [0.25, 0.3) is 0 Å². The highest BCUT2D eigenvalue weighted by molar-refractivity contribution is 6.32. The van der Waals surface area contributed by atoms with E-state index in [4.69, 9.17) is 15.7 Å². The molecule has 0 atom stereocenters. The van der Waals surface area contributed by atoms with Gasteiger partial charge in [0.05, 0.1) is 0 Å². The zero-order valence-corrected chi connectivity index (χ0v) is 15.4. The SMILES string of the molecule is [B]c1ccc(N(c2ccc([B])cc2)c2ccc(N(CC)CC)cc2)cc1. The number of nitrogens with zero attached hydrogens (tertiary/aromatic N) is 2. The molecule has 26 heavy (non-hydrogen) atoms. The molecule has 0 N–H and O–H groups in total. The largest absolute Gasteiger partial charge is 0.372 e. The van der Waals surface area contributed by atoms with Gasteiger partial charge in [-0.1, -0.05) is 35.2 Å². The normalized spacial score (nSPS) is 10.5. The van der Waals surface area contributed by atoms with Crippen molar-refractivity contribution in [1.29, 1.82) is 0 Å². The molecule has 3 aromatic carbocycles. The van der Waals surface area contributed by atoms with E-state index >= 15 is 0 Å². The third kappa shape index (κ3) is 3.96. The molecule has 3 aromatic rings. The van der Waals surface area contributed by atoms with Gasteiger partial charge in [-0.15, -0.1) is 0 Å². The maximum atomic E-state index is 5.87. The van der Waals surface area contributed by atoms with Gasteiger partial charge in [-0.2, -0.15) is 0 Å². The molecule has 0 saturated carbocycles. The first kappa shape index (κ1) is 18.2. The minimum Gasteiger partial charge on any atom is -0.372 e. The quantitative estimate of drug-likeness (QED) is 0.635. The topological polar surface area (TPSA) is 6.48 Å². The summed E-state index contributed by atoms with van der Waals surface area (Å²) in [7, 11) is 11.7. The summed E-state index contributed by atoms with van der Waals surface area (Å²) in [4.78, 5) is 4.53. The van der Waals surface area contributed by atoms with Crippen LogP contribution in [-0.4, -0.2) is 28.8 Å². The van der Waals surface area contributed by atoms with Crippen LogP contribution in [0.1, 0.15) is 13.8 Å². The van der Waals surface area contributed by atoms with Gasteiger partial charge in [0.25, 0.3) is 0 Å². The lowest BCUT2D eigenvalue weighted by Crippen LogP contribution is -2.21. The number of hydrogen-bond donors (Lipinski definition) is 0. The van der Waals surface area contributed by atoms with Crippen molar-refractivity contribution in [3.63, 3.8) is 0 Å². The first-order chi connectivity index (χ1) is 12.6. The fourth-order valence-electron chi connectivity index (χ4n) is 3.10. The van der Waals surface area contributed by atoms with Gasteiger partial charge in [-0.3, -0.25) is 0 Å². The Morgan fingerprint density at radius 3 is 1.19 bits per heavy atom. The molecule has 0 aromatic heterocycles. The zero-order valence-electron chi connectivity index (χ0n) is 15.4. The number of anilines is 4. The third-order valence-corrected chi connectivity index (χ3v) is 4.54. The van der Waals surface area contributed by atoms with Crippen molar-refractivity contribution in [3.8, 4) is 0 Å². The summed E-state index contributed by atoms with van der Waals surface area (Å²) >= 11 is 0. The van der Waals surface area contributed by atoms with E-state index in [1.54, 1.807) is 0 Å². The molecule has 4 radical (unpaired) electrons. The average Bonchev–Trinajstić information content (AvgIpc) is 2.67. The van der Waals surface area contributed by atoms with Gasteiger partial charge >= 0.3 is 0 Å². The maximum Gasteiger partial charge on any atom is 0.113 e. The summed E-state index contributed by atoms with van der Waals surface area (Å²) < 4.78 is 0. The molecule has 0 saturated heterocycles. The van der Waals surface area contributed by atoms with Gasteiger partial charge < -0.3 is 9.80 Å². The van der Waals surface area contributed by atoms with Crippen LogP contribution in [0.15, 0.2) is 72.8 Å². The van der Waals surface area contributed by atoms with Crippen molar-refractivity contribution in [2.45, 2.75) is 13.8 Å². The van der Waals surface area contributed by atoms with Gasteiger partial charge in [0.1, 0.15) is 15.7 Å². The van der Waals surface area contributed by atoms with Gasteiger partial charge in [0.15, 0.2) is 0 Å². The van der Waals surface area contributed by atoms with Crippen LogP contribution in [0.3, 0.4) is 0 Å². The molecule has 0 fully saturated rings. The summed E-state index contributed by atoms with van der Waals surface area (Å²) in [6, 6.07) is 24.5. The van der Waals surface area contributed by atoms with Crippen molar-refractivity contribution in [1.82, 2.24) is 0 Å². The van der Waals surface area contributed by atoms with Crippen LogP contribution in [-0.2, 0) is 0 Å². The maximum absolute atomic E-state index is 5.87. The monoisotopic (exact) mass is 336 g/mol. The molecule has 2 nitrogen and oxygen atoms in total. The minimum absolute atomic E-state index is 0.753. The molecule has 0 aliphatic heterocycles. The molecule has 4 heteroatoms. The summed E-state index contributed by atoms with van der Waals surface area (Å²) in [6.07, 6.45) is 0. The van der Waals surface area contributed by atoms with Crippen LogP contribution >= 0.6 is 0 Å². The standard InChI is InChI=1S/C22H22B2N2/c1-3-25(4-2)19-13-15-22(16-14-19)26(20-9-5-17(23)6-10-20)21-11-7-18(24)8-12-21/h5-16H,3-4H2,1-2H3. The molecule has 0 spiro atoms. The Kier molecular flexibility index (Phi) is 5.72. The second kappa shape index (κ2) is 8.18. The predicted octanol–water partition coefficient (Wildman–Crippen LogP) is 3.59. The van der Waals surface area contributed by atoms with Crippen molar-refractivity contribution in [3.05, 3.63) is 72.8 Å². The Labute approximate surface area is 159 Å². The summed E-state index contributed by atoms with van der Waals surface area (Å²) in [5.41, 5.74) is 5.94. The average molecular weight is 336 g/mol. The van der Waals surface area contributed by atoms with Gasteiger partial charge in [-0.05, 0) is 62.4 Å². The molecule has 0 aliphatic carbocycles. The Morgan fingerprint density at radius 2 is 0.846 bits per heavy atom. The van der Waals surface area contributed by atoms with E-state index in [1.807, 2.05) is 48.5 Å². The fourth-order valence-corrected chi connectivity index (χ4v) is 3.10. The highest BCUT2D eigenvalue weighted by Crippen LogP contribution is 2.34. The van der Waals surface area contributed by atoms with E-state index in [0.29, 0.717) is 0 Å². The highest BCUT2D eigenvalue weighted by Gasteiger charge is 2.12. The number of benzene rings is 3. The van der Waals surface area contributed by atoms with Crippen molar-refractivity contribution < 1.29 is 0 Å². The zero-order chi connectivity index (χ0) is 18.5. The second-order valence-electron chi connectivity index (χ2n) is 6.21. The first-order valence-corrected chi connectivity index (χ1v) is 8.98. The highest BCUT2D eigenvalue weighted by atomic mass is 15.1. The summed E-state index contributed by atoms with van der Waals surface area (Å²) in [5, 5.41) is 0. The molecule has 0 heterocycles. The van der Waals surface area contributed by atoms with Crippen LogP contribution < -0.4 is 20.7 Å². The Morgan fingerprint density at radius 1 is 0.538 bits per heavy atom. The van der Waals surface area contributed by atoms with Crippen molar-refractivity contribution >= 4 is 49.4 Å². The molecule has 0 unspecified atom stereocenters. The van der Waals surface area contributed by atoms with Gasteiger partial charge in [0, 0.05) is 35.8 Å². The lowest BCUT2D eigenvalue weighted by atomic mass is 9.95. The fraction of sp³-hybridized carbons (Fsp3) is 0.182. The van der Waals surface area contributed by atoms with Crippen LogP contribution in [0.4, 0.5) is 22.7 Å². The molecular weight excluding hydrogens is 314 g/mol. The number of hydrogen-bond acceptors (Lipinski definition) is 2. The number of rotatable bonds is 6. The predicted molar refractivity (Wildman–Crippen MR) is 115 cm³/mol. The van der Waals surface area contributed by atoms with Gasteiger partial charge in [-0.25, -0.2) is 0 Å². The molecule has 3 rings (SSSR count). The van der Waals surface area contributed by atoms with E-state index in [0.717, 1.165) is 41.1 Å². The van der Waals surface area contributed by atoms with Crippen LogP contribution in [0.2, 0.25) is 0 Å². The third-order valence-electron chi connectivity index (χ3n) is 4.54. The molecule has 0 amide bonds. The molecular formula is C22H22B2N2. The Bertz CT molecular complexity index is 778. The van der Waals surface area contributed by atoms with E-state index in [-0.39, 0.29) is 0 Å². The van der Waals surface area contributed by atoms with E-state index in [1.165, 1.54) is 5.69 Å². The second-order valence-corrected chi connectivity index (χ2v) is 6.21. The molecule has 126 valence electrons. The van der Waals surface area contributed by atoms with Crippen LogP contribution in [0.5, 0.6) is 0 Å². The van der Waals surface area contributed by atoms with Gasteiger partial charge in [0.2, 0.25) is 0 Å². The lowest BCUT2D eigenvalue weighted by molar-refractivity contribution is 0.866. The van der Waals surface area contributed by atoms with Crippen molar-refractivity contribution in [2.75, 3.05) is 22.9 Å². The van der Waals surface area contributed by atoms with E-state index < -0.39 is 0 Å². The smallest absolute Gasteiger partial charge is 0.113 e. The summed E-state index contributed by atoms with van der Waals surface area (Å²) in [5.74, 6) is 0. The Hall–Kier alpha value is -2.61. The van der Waals surface area contributed by atoms with E-state index in [2.05, 4.69) is 47.9 Å². The summed E-state index contributed by atoms with van der Waals surface area (Å²) in [6.45, 7) is 6.34. The minimum atomic E-state index is 0.753. The Balaban J connectivity index is 2.03. The first-order valence-electron chi connectivity index (χ1n) is 8.98. The van der Waals surface area contributed by atoms with Crippen molar-refractivity contribution in [2.24, 2.45) is 0 Å². The van der Waals surface area contributed by atoms with Crippen LogP contribution in [0, 0.1) is 0 Å². The van der Waals surface area contributed by atoms with E-state index in [9.17, 15) is 0 Å². The molecule has 0 aliphatic rings. The molecule has 0 bridgehead atoms. The lowest BCUT2D eigenvalue weighted by Gasteiger charge is -2.27.